The van der Waals surface area contributed by atoms with Gasteiger partial charge in [-0.3, -0.25) is 14.9 Å². The van der Waals surface area contributed by atoms with Crippen LogP contribution in [-0.2, 0) is 19.4 Å². The molecule has 2 atom stereocenters. The van der Waals surface area contributed by atoms with Crippen LogP contribution in [0.25, 0.3) is 0 Å². The van der Waals surface area contributed by atoms with Crippen molar-refractivity contribution in [2.75, 3.05) is 17.6 Å². The monoisotopic (exact) mass is 465 g/mol. The molecule has 166 valence electrons. The molecular formula is C21H24FN3O4S2. The van der Waals surface area contributed by atoms with Gasteiger partial charge >= 0.3 is 0 Å². The average Bonchev–Trinajstić information content (AvgIpc) is 2.69. The van der Waals surface area contributed by atoms with Gasteiger partial charge in [0.05, 0.1) is 10.6 Å². The van der Waals surface area contributed by atoms with Crippen LogP contribution in [-0.4, -0.2) is 43.3 Å². The fourth-order valence-electron chi connectivity index (χ4n) is 3.23. The van der Waals surface area contributed by atoms with Gasteiger partial charge in [-0.1, -0.05) is 23.8 Å². The number of anilines is 1. The summed E-state index contributed by atoms with van der Waals surface area (Å²) in [6, 6.07) is 9.39. The van der Waals surface area contributed by atoms with Crippen LogP contribution in [0, 0.1) is 26.6 Å². The lowest BCUT2D eigenvalue weighted by atomic mass is 10.2. The van der Waals surface area contributed by atoms with Crippen molar-refractivity contribution in [3.63, 3.8) is 0 Å². The molecule has 31 heavy (non-hydrogen) atoms. The molecule has 0 aromatic heterocycles. The quantitative estimate of drug-likeness (QED) is 0.605. The number of sulfone groups is 1. The summed E-state index contributed by atoms with van der Waals surface area (Å²) in [7, 11) is -3.86. The maximum Gasteiger partial charge on any atom is 0.241 e. The van der Waals surface area contributed by atoms with Crippen LogP contribution in [0.3, 0.4) is 0 Å². The van der Waals surface area contributed by atoms with Crippen molar-refractivity contribution in [3.8, 4) is 0 Å². The van der Waals surface area contributed by atoms with Gasteiger partial charge in [-0.15, -0.1) is 11.8 Å². The lowest BCUT2D eigenvalue weighted by Gasteiger charge is -2.30. The number of hydrogen-bond acceptors (Lipinski definition) is 6. The number of carbonyl (C=O) groups is 2. The van der Waals surface area contributed by atoms with Crippen molar-refractivity contribution in [2.24, 2.45) is 0 Å². The number of amides is 2. The fourth-order valence-corrected chi connectivity index (χ4v) is 5.77. The average molecular weight is 466 g/mol. The molecule has 3 N–H and O–H groups in total. The summed E-state index contributed by atoms with van der Waals surface area (Å²) in [5, 5.41) is 6.89. The van der Waals surface area contributed by atoms with E-state index in [4.69, 9.17) is 0 Å². The van der Waals surface area contributed by atoms with Gasteiger partial charge < -0.3 is 10.6 Å². The van der Waals surface area contributed by atoms with E-state index >= 15 is 0 Å². The highest BCUT2D eigenvalue weighted by molar-refractivity contribution is 8.00. The molecule has 2 unspecified atom stereocenters. The Labute approximate surface area is 185 Å². The highest BCUT2D eigenvalue weighted by atomic mass is 32.2. The number of benzene rings is 2. The van der Waals surface area contributed by atoms with Crippen LogP contribution in [0.4, 0.5) is 10.1 Å². The third-order valence-electron chi connectivity index (χ3n) is 4.90. The van der Waals surface area contributed by atoms with Crippen molar-refractivity contribution >= 4 is 39.1 Å². The van der Waals surface area contributed by atoms with E-state index in [9.17, 15) is 22.4 Å². The van der Waals surface area contributed by atoms with E-state index in [1.54, 1.807) is 38.1 Å². The summed E-state index contributed by atoms with van der Waals surface area (Å²) in [6.07, 6.45) is 0. The molecule has 0 aliphatic carbocycles. The van der Waals surface area contributed by atoms with E-state index < -0.39 is 32.3 Å². The number of nitrogens with one attached hydrogen (secondary N) is 3. The van der Waals surface area contributed by atoms with E-state index in [0.717, 1.165) is 17.3 Å². The van der Waals surface area contributed by atoms with Crippen molar-refractivity contribution in [2.45, 2.75) is 36.4 Å². The molecule has 0 bridgehead atoms. The molecule has 1 fully saturated rings. The molecular weight excluding hydrogens is 441 g/mol. The Morgan fingerprint density at radius 2 is 1.90 bits per heavy atom. The molecule has 3 rings (SSSR count). The molecule has 2 amide bonds. The Bertz CT molecular complexity index is 1120. The number of hydrogen-bond donors (Lipinski definition) is 3. The topological polar surface area (TPSA) is 104 Å². The fraction of sp³-hybridized carbons (Fsp3) is 0.333. The Balaban J connectivity index is 1.56. The largest absolute Gasteiger partial charge is 0.331 e. The number of rotatable bonds is 6. The van der Waals surface area contributed by atoms with E-state index in [1.165, 1.54) is 12.1 Å². The lowest BCUT2D eigenvalue weighted by Crippen LogP contribution is -2.59. The molecule has 2 aromatic rings. The first-order valence-electron chi connectivity index (χ1n) is 9.60. The van der Waals surface area contributed by atoms with Crippen molar-refractivity contribution in [1.82, 2.24) is 10.6 Å². The lowest BCUT2D eigenvalue weighted by molar-refractivity contribution is -0.122. The minimum absolute atomic E-state index is 0.0120. The summed E-state index contributed by atoms with van der Waals surface area (Å²) in [5.74, 6) is -1.41. The zero-order valence-electron chi connectivity index (χ0n) is 17.4. The SMILES string of the molecule is Cc1ccc(S(=O)(=O)C2CNC(SCC(=O)Nc3ccc(C)c(F)c3)NC2=O)c(C)c1. The van der Waals surface area contributed by atoms with E-state index in [0.29, 0.717) is 16.8 Å². The highest BCUT2D eigenvalue weighted by Gasteiger charge is 2.39. The van der Waals surface area contributed by atoms with Gasteiger partial charge in [0.1, 0.15) is 11.3 Å². The zero-order chi connectivity index (χ0) is 22.8. The van der Waals surface area contributed by atoms with Crippen molar-refractivity contribution < 1.29 is 22.4 Å². The minimum Gasteiger partial charge on any atom is -0.331 e. The molecule has 2 aromatic carbocycles. The van der Waals surface area contributed by atoms with Crippen molar-refractivity contribution in [3.05, 3.63) is 58.9 Å². The second-order valence-electron chi connectivity index (χ2n) is 7.42. The molecule has 7 nitrogen and oxygen atoms in total. The second-order valence-corrected chi connectivity index (χ2v) is 10.6. The standard InChI is InChI=1S/C21H24FN3O4S2/c1-12-4-7-17(14(3)8-12)31(28,29)18-10-23-21(25-20(18)27)30-11-19(26)24-15-6-5-13(2)16(22)9-15/h4-9,18,21,23H,10-11H2,1-3H3,(H,24,26)(H,25,27). The maximum absolute atomic E-state index is 13.6. The van der Waals surface area contributed by atoms with Gasteiger partial charge in [0.15, 0.2) is 15.1 Å². The minimum atomic E-state index is -3.86. The zero-order valence-corrected chi connectivity index (χ0v) is 19.0. The van der Waals surface area contributed by atoms with Crippen LogP contribution in [0.15, 0.2) is 41.3 Å². The van der Waals surface area contributed by atoms with E-state index in [-0.39, 0.29) is 23.1 Å². The molecule has 1 aliphatic heterocycles. The summed E-state index contributed by atoms with van der Waals surface area (Å²) in [5.41, 5.74) is 1.73. The van der Waals surface area contributed by atoms with Crippen LogP contribution in [0.1, 0.15) is 16.7 Å². The summed E-state index contributed by atoms with van der Waals surface area (Å²) >= 11 is 1.11. The molecule has 1 saturated heterocycles. The highest BCUT2D eigenvalue weighted by Crippen LogP contribution is 2.23. The molecule has 0 radical (unpaired) electrons. The first-order valence-corrected chi connectivity index (χ1v) is 12.2. The van der Waals surface area contributed by atoms with Crippen LogP contribution >= 0.6 is 11.8 Å². The second kappa shape index (κ2) is 9.37. The Morgan fingerprint density at radius 1 is 1.16 bits per heavy atom. The van der Waals surface area contributed by atoms with Gasteiger partial charge in [0.2, 0.25) is 11.8 Å². The summed E-state index contributed by atoms with van der Waals surface area (Å²) in [6.45, 7) is 5.13. The van der Waals surface area contributed by atoms with Gasteiger partial charge in [0.25, 0.3) is 0 Å². The molecule has 0 saturated carbocycles. The van der Waals surface area contributed by atoms with E-state index in [1.807, 2.05) is 6.92 Å². The van der Waals surface area contributed by atoms with Crippen molar-refractivity contribution in [1.29, 1.82) is 0 Å². The number of thioether (sulfide) groups is 1. The Hall–Kier alpha value is -2.43. The summed E-state index contributed by atoms with van der Waals surface area (Å²) in [4.78, 5) is 24.8. The van der Waals surface area contributed by atoms with Gasteiger partial charge in [-0.2, -0.15) is 0 Å². The summed E-state index contributed by atoms with van der Waals surface area (Å²) < 4.78 is 39.5. The molecule has 0 spiro atoms. The van der Waals surface area contributed by atoms with Gasteiger partial charge in [0, 0.05) is 12.2 Å². The smallest absolute Gasteiger partial charge is 0.241 e. The number of aryl methyl sites for hydroxylation is 3. The van der Waals surface area contributed by atoms with Crippen LogP contribution in [0.5, 0.6) is 0 Å². The predicted molar refractivity (Wildman–Crippen MR) is 119 cm³/mol. The molecule has 10 heteroatoms. The van der Waals surface area contributed by atoms with E-state index in [2.05, 4.69) is 16.0 Å². The molecule has 1 heterocycles. The third-order valence-corrected chi connectivity index (χ3v) is 8.15. The first-order chi connectivity index (χ1) is 14.6. The predicted octanol–water partition coefficient (Wildman–Crippen LogP) is 2.27. The number of halogens is 1. The van der Waals surface area contributed by atoms with Crippen LogP contribution in [0.2, 0.25) is 0 Å². The van der Waals surface area contributed by atoms with Gasteiger partial charge in [-0.25, -0.2) is 12.8 Å². The normalized spacial score (nSPS) is 19.0. The Morgan fingerprint density at radius 3 is 2.55 bits per heavy atom. The maximum atomic E-state index is 13.6. The Kier molecular flexibility index (Phi) is 7.03. The third kappa shape index (κ3) is 5.44. The van der Waals surface area contributed by atoms with Gasteiger partial charge in [-0.05, 0) is 50.1 Å². The molecule has 1 aliphatic rings. The van der Waals surface area contributed by atoms with Crippen LogP contribution < -0.4 is 16.0 Å². The first kappa shape index (κ1) is 23.2. The number of carbonyl (C=O) groups excluding carboxylic acids is 2.